The van der Waals surface area contributed by atoms with Crippen molar-refractivity contribution in [2.75, 3.05) is 13.1 Å². The first-order valence-corrected chi connectivity index (χ1v) is 9.16. The molecule has 5 heteroatoms. The van der Waals surface area contributed by atoms with E-state index in [1.54, 1.807) is 11.3 Å². The molecule has 0 bridgehead atoms. The lowest BCUT2D eigenvalue weighted by molar-refractivity contribution is 0.288. The summed E-state index contributed by atoms with van der Waals surface area (Å²) in [6, 6.07) is 8.31. The molecule has 4 nitrogen and oxygen atoms in total. The van der Waals surface area contributed by atoms with Crippen molar-refractivity contribution in [2.45, 2.75) is 34.2 Å². The van der Waals surface area contributed by atoms with Gasteiger partial charge in [-0.1, -0.05) is 43.7 Å². The zero-order chi connectivity index (χ0) is 17.3. The van der Waals surface area contributed by atoms with Crippen LogP contribution in [0.1, 0.15) is 30.1 Å². The minimum atomic E-state index is -0.0397. The second-order valence-corrected chi connectivity index (χ2v) is 7.26. The van der Waals surface area contributed by atoms with Crippen molar-refractivity contribution in [3.63, 3.8) is 0 Å². The molecule has 0 saturated carbocycles. The molecule has 126 valence electrons. The lowest BCUT2D eigenvalue weighted by Gasteiger charge is -2.16. The summed E-state index contributed by atoms with van der Waals surface area (Å²) in [5, 5.41) is 0.713. The van der Waals surface area contributed by atoms with Crippen molar-refractivity contribution in [1.82, 2.24) is 14.9 Å². The van der Waals surface area contributed by atoms with Gasteiger partial charge in [-0.2, -0.15) is 0 Å². The molecular weight excluding hydrogens is 318 g/mol. The molecular formula is C19H23N3OS. The van der Waals surface area contributed by atoms with E-state index >= 15 is 0 Å². The lowest BCUT2D eigenvalue weighted by Crippen LogP contribution is -2.25. The molecule has 0 aliphatic rings. The summed E-state index contributed by atoms with van der Waals surface area (Å²) >= 11 is 1.60. The topological polar surface area (TPSA) is 49.0 Å². The van der Waals surface area contributed by atoms with Crippen LogP contribution in [0.2, 0.25) is 0 Å². The van der Waals surface area contributed by atoms with Crippen LogP contribution in [0.15, 0.2) is 29.1 Å². The predicted octanol–water partition coefficient (Wildman–Crippen LogP) is 4.11. The van der Waals surface area contributed by atoms with Crippen LogP contribution in [-0.2, 0) is 6.54 Å². The number of thiophene rings is 1. The molecule has 0 aliphatic heterocycles. The quantitative estimate of drug-likeness (QED) is 0.760. The summed E-state index contributed by atoms with van der Waals surface area (Å²) in [5.74, 6) is 0.743. The summed E-state index contributed by atoms with van der Waals surface area (Å²) in [5.41, 5.74) is 3.26. The Kier molecular flexibility index (Phi) is 4.83. The number of nitrogens with one attached hydrogen (secondary N) is 1. The largest absolute Gasteiger partial charge is 0.309 e. The van der Waals surface area contributed by atoms with Gasteiger partial charge in [-0.05, 0) is 32.5 Å². The van der Waals surface area contributed by atoms with E-state index in [-0.39, 0.29) is 5.56 Å². The average Bonchev–Trinajstić information content (AvgIpc) is 2.90. The van der Waals surface area contributed by atoms with Crippen molar-refractivity contribution in [3.8, 4) is 11.1 Å². The van der Waals surface area contributed by atoms with Crippen molar-refractivity contribution in [3.05, 3.63) is 50.9 Å². The normalized spacial score (nSPS) is 11.5. The van der Waals surface area contributed by atoms with E-state index in [9.17, 15) is 4.79 Å². The highest BCUT2D eigenvalue weighted by atomic mass is 32.1. The molecule has 1 aromatic carbocycles. The van der Waals surface area contributed by atoms with E-state index in [0.717, 1.165) is 39.7 Å². The summed E-state index contributed by atoms with van der Waals surface area (Å²) in [4.78, 5) is 24.6. The summed E-state index contributed by atoms with van der Waals surface area (Å²) in [6.45, 7) is 10.9. The Morgan fingerprint density at radius 2 is 1.79 bits per heavy atom. The second kappa shape index (κ2) is 6.87. The third-order valence-corrected chi connectivity index (χ3v) is 5.39. The highest BCUT2D eigenvalue weighted by Crippen LogP contribution is 2.35. The number of benzene rings is 1. The first-order valence-electron chi connectivity index (χ1n) is 8.35. The van der Waals surface area contributed by atoms with Crippen molar-refractivity contribution < 1.29 is 0 Å². The molecule has 2 aromatic heterocycles. The predicted molar refractivity (Wildman–Crippen MR) is 102 cm³/mol. The standard InChI is InChI=1S/C19H23N3OS/c1-5-22(6-2)11-15-20-18(23)17-16(13(4)24-19(17)21-15)14-9-7-12(3)8-10-14/h7-10H,5-6,11H2,1-4H3,(H,20,21,23). The van der Waals surface area contributed by atoms with E-state index in [1.807, 2.05) is 0 Å². The van der Waals surface area contributed by atoms with E-state index in [4.69, 9.17) is 4.98 Å². The van der Waals surface area contributed by atoms with Gasteiger partial charge in [-0.25, -0.2) is 4.98 Å². The molecule has 0 atom stereocenters. The van der Waals surface area contributed by atoms with Gasteiger partial charge >= 0.3 is 0 Å². The Morgan fingerprint density at radius 1 is 1.12 bits per heavy atom. The number of hydrogen-bond donors (Lipinski definition) is 1. The van der Waals surface area contributed by atoms with E-state index in [0.29, 0.717) is 11.9 Å². The van der Waals surface area contributed by atoms with Gasteiger partial charge in [0.05, 0.1) is 11.9 Å². The summed E-state index contributed by atoms with van der Waals surface area (Å²) in [6.07, 6.45) is 0. The molecule has 0 aliphatic carbocycles. The Morgan fingerprint density at radius 3 is 2.42 bits per heavy atom. The van der Waals surface area contributed by atoms with Crippen molar-refractivity contribution in [2.24, 2.45) is 0 Å². The van der Waals surface area contributed by atoms with Gasteiger partial charge in [0.25, 0.3) is 5.56 Å². The Balaban J connectivity index is 2.12. The van der Waals surface area contributed by atoms with Crippen LogP contribution in [0.4, 0.5) is 0 Å². The van der Waals surface area contributed by atoms with Crippen LogP contribution in [-0.4, -0.2) is 28.0 Å². The maximum Gasteiger partial charge on any atom is 0.260 e. The molecule has 0 amide bonds. The number of aromatic amines is 1. The smallest absolute Gasteiger partial charge is 0.260 e. The van der Waals surface area contributed by atoms with Crippen LogP contribution in [0.3, 0.4) is 0 Å². The summed E-state index contributed by atoms with van der Waals surface area (Å²) in [7, 11) is 0. The van der Waals surface area contributed by atoms with Crippen molar-refractivity contribution in [1.29, 1.82) is 0 Å². The number of aromatic nitrogens is 2. The van der Waals surface area contributed by atoms with Gasteiger partial charge < -0.3 is 4.98 Å². The van der Waals surface area contributed by atoms with Gasteiger partial charge in [-0.15, -0.1) is 11.3 Å². The number of nitrogens with zero attached hydrogens (tertiary/aromatic N) is 2. The van der Waals surface area contributed by atoms with Crippen LogP contribution < -0.4 is 5.56 Å². The van der Waals surface area contributed by atoms with E-state index in [2.05, 4.69) is 61.8 Å². The van der Waals surface area contributed by atoms with E-state index in [1.165, 1.54) is 5.56 Å². The molecule has 0 spiro atoms. The third kappa shape index (κ3) is 3.14. The number of hydrogen-bond acceptors (Lipinski definition) is 4. The van der Waals surface area contributed by atoms with Crippen LogP contribution >= 0.6 is 11.3 Å². The maximum absolute atomic E-state index is 12.7. The Labute approximate surface area is 146 Å². The SMILES string of the molecule is CCN(CC)Cc1nc2sc(C)c(-c3ccc(C)cc3)c2c(=O)[nH]1. The van der Waals surface area contributed by atoms with Gasteiger partial charge in [0.15, 0.2) is 0 Å². The van der Waals surface area contributed by atoms with Gasteiger partial charge in [-0.3, -0.25) is 9.69 Å². The van der Waals surface area contributed by atoms with Gasteiger partial charge in [0, 0.05) is 10.4 Å². The molecule has 0 saturated heterocycles. The van der Waals surface area contributed by atoms with E-state index < -0.39 is 0 Å². The first-order chi connectivity index (χ1) is 11.5. The number of fused-ring (bicyclic) bond motifs is 1. The van der Waals surface area contributed by atoms with Gasteiger partial charge in [0.1, 0.15) is 10.7 Å². The maximum atomic E-state index is 12.7. The molecule has 3 rings (SSSR count). The summed E-state index contributed by atoms with van der Waals surface area (Å²) < 4.78 is 0. The monoisotopic (exact) mass is 341 g/mol. The average molecular weight is 341 g/mol. The molecule has 1 N–H and O–H groups in total. The van der Waals surface area contributed by atoms with Crippen LogP contribution in [0.25, 0.3) is 21.3 Å². The molecule has 24 heavy (non-hydrogen) atoms. The second-order valence-electron chi connectivity index (χ2n) is 6.05. The minimum Gasteiger partial charge on any atom is -0.309 e. The van der Waals surface area contributed by atoms with Crippen LogP contribution in [0.5, 0.6) is 0 Å². The fourth-order valence-corrected chi connectivity index (χ4v) is 4.03. The van der Waals surface area contributed by atoms with Crippen molar-refractivity contribution >= 4 is 21.6 Å². The number of H-pyrrole nitrogens is 1. The molecule has 3 aromatic rings. The fourth-order valence-electron chi connectivity index (χ4n) is 2.97. The third-order valence-electron chi connectivity index (χ3n) is 4.40. The van der Waals surface area contributed by atoms with Gasteiger partial charge in [0.2, 0.25) is 0 Å². The van der Waals surface area contributed by atoms with Crippen LogP contribution in [0, 0.1) is 13.8 Å². The highest BCUT2D eigenvalue weighted by Gasteiger charge is 2.17. The minimum absolute atomic E-state index is 0.0397. The Bertz CT molecular complexity index is 905. The molecule has 0 radical (unpaired) electrons. The first kappa shape index (κ1) is 16.9. The highest BCUT2D eigenvalue weighted by molar-refractivity contribution is 7.19. The number of rotatable bonds is 5. The zero-order valence-electron chi connectivity index (χ0n) is 14.6. The Hall–Kier alpha value is -1.98. The molecule has 0 unspecified atom stereocenters. The zero-order valence-corrected chi connectivity index (χ0v) is 15.5. The molecule has 2 heterocycles. The number of aryl methyl sites for hydroxylation is 2. The molecule has 0 fully saturated rings. The lowest BCUT2D eigenvalue weighted by atomic mass is 10.0. The fraction of sp³-hybridized carbons (Fsp3) is 0.368.